The van der Waals surface area contributed by atoms with Crippen molar-refractivity contribution < 1.29 is 9.59 Å². The molecule has 0 saturated carbocycles. The van der Waals surface area contributed by atoms with Gasteiger partial charge in [0.15, 0.2) is 11.6 Å². The molecule has 0 saturated heterocycles. The first-order valence-corrected chi connectivity index (χ1v) is 7.95. The second-order valence-corrected chi connectivity index (χ2v) is 6.22. The molecule has 2 aromatic carbocycles. The van der Waals surface area contributed by atoms with Crippen LogP contribution in [0.15, 0.2) is 59.7 Å². The van der Waals surface area contributed by atoms with Gasteiger partial charge in [-0.05, 0) is 24.1 Å². The lowest BCUT2D eigenvalue weighted by Gasteiger charge is -2.32. The Morgan fingerprint density at radius 2 is 1.57 bits per heavy atom. The minimum atomic E-state index is -0.263. The van der Waals surface area contributed by atoms with Crippen molar-refractivity contribution in [3.05, 3.63) is 81.4 Å². The Balaban J connectivity index is 1.87. The molecule has 0 fully saturated rings. The van der Waals surface area contributed by atoms with Crippen molar-refractivity contribution in [2.24, 2.45) is 0 Å². The third kappa shape index (κ3) is 2.24. The first-order valence-electron chi connectivity index (χ1n) is 7.57. The van der Waals surface area contributed by atoms with Gasteiger partial charge in [-0.25, -0.2) is 0 Å². The molecule has 0 aromatic heterocycles. The minimum Gasteiger partial charge on any atom is -0.306 e. The Morgan fingerprint density at radius 1 is 0.913 bits per heavy atom. The summed E-state index contributed by atoms with van der Waals surface area (Å²) in [6.07, 6.45) is 0.582. The molecule has 2 aliphatic rings. The number of fused-ring (bicyclic) bond motifs is 1. The van der Waals surface area contributed by atoms with E-state index < -0.39 is 0 Å². The van der Waals surface area contributed by atoms with Gasteiger partial charge in [-0.2, -0.15) is 0 Å². The molecule has 23 heavy (non-hydrogen) atoms. The standard InChI is InChI=1S/C19H14ClNO2/c20-12-7-5-11(6-8-12)17-16-15(9-10-21-17)18(22)13-3-1-2-4-14(13)19(16)23/h1-8,17,21H,9-10H2. The second-order valence-electron chi connectivity index (χ2n) is 5.78. The topological polar surface area (TPSA) is 46.2 Å². The zero-order valence-electron chi connectivity index (χ0n) is 12.3. The Bertz CT molecular complexity index is 852. The normalized spacial score (nSPS) is 20.3. The first kappa shape index (κ1) is 14.4. The fourth-order valence-electron chi connectivity index (χ4n) is 3.38. The van der Waals surface area contributed by atoms with Gasteiger partial charge >= 0.3 is 0 Å². The average Bonchev–Trinajstić information content (AvgIpc) is 2.60. The Labute approximate surface area is 139 Å². The summed E-state index contributed by atoms with van der Waals surface area (Å²) >= 11 is 5.95. The second kappa shape index (κ2) is 5.44. The van der Waals surface area contributed by atoms with Crippen molar-refractivity contribution in [1.82, 2.24) is 5.32 Å². The van der Waals surface area contributed by atoms with Crippen LogP contribution in [0.2, 0.25) is 5.02 Å². The number of hydrogen-bond acceptors (Lipinski definition) is 3. The molecule has 4 rings (SSSR count). The van der Waals surface area contributed by atoms with Crippen LogP contribution in [0.1, 0.15) is 38.7 Å². The van der Waals surface area contributed by atoms with E-state index in [1.54, 1.807) is 36.4 Å². The van der Waals surface area contributed by atoms with Crippen LogP contribution >= 0.6 is 11.6 Å². The molecule has 1 aliphatic heterocycles. The SMILES string of the molecule is O=C1C2=C(C(=O)c3ccccc31)C(c1ccc(Cl)cc1)NCC2. The van der Waals surface area contributed by atoms with E-state index in [1.807, 2.05) is 12.1 Å². The van der Waals surface area contributed by atoms with Gasteiger partial charge in [0, 0.05) is 33.8 Å². The molecule has 0 amide bonds. The molecule has 1 unspecified atom stereocenters. The molecular weight excluding hydrogens is 310 g/mol. The summed E-state index contributed by atoms with van der Waals surface area (Å²) in [6, 6.07) is 14.2. The van der Waals surface area contributed by atoms with Gasteiger partial charge in [0.05, 0.1) is 6.04 Å². The predicted octanol–water partition coefficient (Wildman–Crippen LogP) is 3.75. The summed E-state index contributed by atoms with van der Waals surface area (Å²) < 4.78 is 0. The van der Waals surface area contributed by atoms with Gasteiger partial charge in [0.1, 0.15) is 0 Å². The molecule has 1 atom stereocenters. The van der Waals surface area contributed by atoms with Crippen molar-refractivity contribution in [1.29, 1.82) is 0 Å². The van der Waals surface area contributed by atoms with Crippen LogP contribution in [0.5, 0.6) is 0 Å². The van der Waals surface area contributed by atoms with Crippen molar-refractivity contribution in [3.63, 3.8) is 0 Å². The van der Waals surface area contributed by atoms with E-state index in [-0.39, 0.29) is 17.6 Å². The van der Waals surface area contributed by atoms with Crippen LogP contribution in [-0.4, -0.2) is 18.1 Å². The summed E-state index contributed by atoms with van der Waals surface area (Å²) in [4.78, 5) is 25.7. The number of carbonyl (C=O) groups excluding carboxylic acids is 2. The highest BCUT2D eigenvalue weighted by Gasteiger charge is 2.38. The van der Waals surface area contributed by atoms with Crippen molar-refractivity contribution in [3.8, 4) is 0 Å². The van der Waals surface area contributed by atoms with E-state index in [2.05, 4.69) is 5.32 Å². The van der Waals surface area contributed by atoms with Crippen molar-refractivity contribution in [2.45, 2.75) is 12.5 Å². The number of nitrogens with one attached hydrogen (secondary N) is 1. The van der Waals surface area contributed by atoms with Crippen LogP contribution < -0.4 is 5.32 Å². The monoisotopic (exact) mass is 323 g/mol. The number of benzene rings is 2. The van der Waals surface area contributed by atoms with E-state index >= 15 is 0 Å². The third-order valence-corrected chi connectivity index (χ3v) is 4.73. The lowest BCUT2D eigenvalue weighted by atomic mass is 9.76. The average molecular weight is 324 g/mol. The van der Waals surface area contributed by atoms with Gasteiger partial charge in [-0.3, -0.25) is 9.59 Å². The molecule has 0 radical (unpaired) electrons. The number of ketones is 2. The van der Waals surface area contributed by atoms with Gasteiger partial charge in [0.2, 0.25) is 0 Å². The zero-order chi connectivity index (χ0) is 16.0. The van der Waals surface area contributed by atoms with E-state index in [1.165, 1.54) is 0 Å². The van der Waals surface area contributed by atoms with Crippen LogP contribution in [0.25, 0.3) is 0 Å². The maximum atomic E-state index is 13.0. The molecule has 0 spiro atoms. The maximum Gasteiger partial charge on any atom is 0.192 e. The van der Waals surface area contributed by atoms with Crippen LogP contribution in [0, 0.1) is 0 Å². The van der Waals surface area contributed by atoms with Gasteiger partial charge in [-0.1, -0.05) is 48.0 Å². The highest BCUT2D eigenvalue weighted by Crippen LogP contribution is 2.37. The van der Waals surface area contributed by atoms with E-state index in [0.29, 0.717) is 40.3 Å². The zero-order valence-corrected chi connectivity index (χ0v) is 13.1. The largest absolute Gasteiger partial charge is 0.306 e. The van der Waals surface area contributed by atoms with Crippen molar-refractivity contribution >= 4 is 23.2 Å². The molecule has 2 aromatic rings. The molecule has 0 bridgehead atoms. The van der Waals surface area contributed by atoms with Gasteiger partial charge in [-0.15, -0.1) is 0 Å². The smallest absolute Gasteiger partial charge is 0.192 e. The Hall–Kier alpha value is -2.23. The molecule has 114 valence electrons. The summed E-state index contributed by atoms with van der Waals surface area (Å²) in [5, 5.41) is 4.01. The Kier molecular flexibility index (Phi) is 3.40. The number of Topliss-reactive ketones (excluding diaryl/α,β-unsaturated/α-hetero) is 2. The summed E-state index contributed by atoms with van der Waals surface area (Å²) in [5.74, 6) is -0.0713. The maximum absolute atomic E-state index is 13.0. The van der Waals surface area contributed by atoms with E-state index in [9.17, 15) is 9.59 Å². The first-order chi connectivity index (χ1) is 11.2. The number of rotatable bonds is 1. The molecule has 1 N–H and O–H groups in total. The summed E-state index contributed by atoms with van der Waals surface area (Å²) in [7, 11) is 0. The fraction of sp³-hybridized carbons (Fsp3) is 0.158. The Morgan fingerprint density at radius 3 is 2.26 bits per heavy atom. The number of halogens is 1. The van der Waals surface area contributed by atoms with Crippen LogP contribution in [-0.2, 0) is 0 Å². The highest BCUT2D eigenvalue weighted by molar-refractivity contribution is 6.30. The molecular formula is C19H14ClNO2. The van der Waals surface area contributed by atoms with Crippen molar-refractivity contribution in [2.75, 3.05) is 6.54 Å². The van der Waals surface area contributed by atoms with E-state index in [4.69, 9.17) is 11.6 Å². The van der Waals surface area contributed by atoms with Crippen LogP contribution in [0.4, 0.5) is 0 Å². The molecule has 1 aliphatic carbocycles. The number of hydrogen-bond donors (Lipinski definition) is 1. The minimum absolute atomic E-state index is 0.0179. The van der Waals surface area contributed by atoms with Gasteiger partial charge < -0.3 is 5.32 Å². The fourth-order valence-corrected chi connectivity index (χ4v) is 3.51. The lowest BCUT2D eigenvalue weighted by molar-refractivity contribution is 0.0959. The molecule has 1 heterocycles. The van der Waals surface area contributed by atoms with Crippen LogP contribution in [0.3, 0.4) is 0 Å². The molecule has 3 nitrogen and oxygen atoms in total. The lowest BCUT2D eigenvalue weighted by Crippen LogP contribution is -2.37. The van der Waals surface area contributed by atoms with E-state index in [0.717, 1.165) is 5.56 Å². The quantitative estimate of drug-likeness (QED) is 0.869. The van der Waals surface area contributed by atoms with Gasteiger partial charge in [0.25, 0.3) is 0 Å². The summed E-state index contributed by atoms with van der Waals surface area (Å²) in [5.41, 5.74) is 3.20. The highest BCUT2D eigenvalue weighted by atomic mass is 35.5. The summed E-state index contributed by atoms with van der Waals surface area (Å²) in [6.45, 7) is 0.674. The number of carbonyl (C=O) groups is 2. The third-order valence-electron chi connectivity index (χ3n) is 4.48. The predicted molar refractivity (Wildman–Crippen MR) is 88.9 cm³/mol. The molecule has 4 heteroatoms.